The van der Waals surface area contributed by atoms with Crippen LogP contribution in [0.2, 0.25) is 0 Å². The molecule has 186 valence electrons. The van der Waals surface area contributed by atoms with E-state index in [4.69, 9.17) is 14.2 Å². The van der Waals surface area contributed by atoms with Crippen LogP contribution in [0.4, 0.5) is 0 Å². The first-order chi connectivity index (χ1) is 16.3. The Bertz CT molecular complexity index is 1090. The van der Waals surface area contributed by atoms with Gasteiger partial charge >= 0.3 is 5.97 Å². The van der Waals surface area contributed by atoms with Gasteiger partial charge in [0.1, 0.15) is 11.3 Å². The number of fused-ring (bicyclic) bond motifs is 6. The predicted molar refractivity (Wildman–Crippen MR) is 134 cm³/mol. The number of carbonyl (C=O) groups excluding carboxylic acids is 1. The SMILES string of the molecule is CC.CCOC(=O)c1cn2c(cc1=O)-c1cc(C)c(OCCCOC)cc1[C@H]1CCC(C)(C)N12. The molecular weight excluding hydrogens is 432 g/mol. The molecule has 0 saturated carbocycles. The molecule has 3 heterocycles. The average molecular weight is 471 g/mol. The van der Waals surface area contributed by atoms with Crippen molar-refractivity contribution >= 4 is 5.97 Å². The van der Waals surface area contributed by atoms with Gasteiger partial charge in [0.05, 0.1) is 30.5 Å². The van der Waals surface area contributed by atoms with E-state index in [9.17, 15) is 9.59 Å². The second-order valence-electron chi connectivity index (χ2n) is 9.11. The Morgan fingerprint density at radius 3 is 2.59 bits per heavy atom. The summed E-state index contributed by atoms with van der Waals surface area (Å²) in [7, 11) is 1.69. The molecule has 7 heteroatoms. The molecule has 1 fully saturated rings. The highest BCUT2D eigenvalue weighted by atomic mass is 16.5. The fourth-order valence-corrected chi connectivity index (χ4v) is 4.88. The minimum absolute atomic E-state index is 0.0651. The van der Waals surface area contributed by atoms with Gasteiger partial charge < -0.3 is 14.2 Å². The van der Waals surface area contributed by atoms with Crippen molar-refractivity contribution in [1.82, 2.24) is 4.68 Å². The van der Waals surface area contributed by atoms with Crippen molar-refractivity contribution in [1.29, 1.82) is 0 Å². The predicted octanol–water partition coefficient (Wildman–Crippen LogP) is 5.01. The lowest BCUT2D eigenvalue weighted by atomic mass is 9.92. The van der Waals surface area contributed by atoms with Crippen molar-refractivity contribution in [2.75, 3.05) is 31.9 Å². The molecule has 1 atom stereocenters. The van der Waals surface area contributed by atoms with E-state index in [1.807, 2.05) is 25.4 Å². The van der Waals surface area contributed by atoms with Crippen LogP contribution < -0.4 is 15.2 Å². The van der Waals surface area contributed by atoms with Gasteiger partial charge in [0, 0.05) is 38.0 Å². The number of carbonyl (C=O) groups is 1. The van der Waals surface area contributed by atoms with Crippen molar-refractivity contribution in [3.63, 3.8) is 0 Å². The van der Waals surface area contributed by atoms with E-state index in [0.717, 1.165) is 47.4 Å². The largest absolute Gasteiger partial charge is 0.493 e. The quantitative estimate of drug-likeness (QED) is 0.419. The molecule has 34 heavy (non-hydrogen) atoms. The number of esters is 1. The maximum absolute atomic E-state index is 12.9. The lowest BCUT2D eigenvalue weighted by molar-refractivity contribution is 0.0523. The normalized spacial score (nSPS) is 17.1. The molecule has 1 saturated heterocycles. The van der Waals surface area contributed by atoms with E-state index in [1.54, 1.807) is 26.3 Å². The average Bonchev–Trinajstić information content (AvgIpc) is 3.13. The van der Waals surface area contributed by atoms with Gasteiger partial charge in [-0.3, -0.25) is 14.5 Å². The summed E-state index contributed by atoms with van der Waals surface area (Å²) in [6, 6.07) is 5.92. The number of rotatable bonds is 7. The van der Waals surface area contributed by atoms with E-state index in [2.05, 4.69) is 31.0 Å². The van der Waals surface area contributed by atoms with Crippen LogP contribution in [0.25, 0.3) is 11.3 Å². The third-order valence-corrected chi connectivity index (χ3v) is 6.44. The molecule has 2 aliphatic heterocycles. The number of methoxy groups -OCH3 is 1. The van der Waals surface area contributed by atoms with Gasteiger partial charge in [0.15, 0.2) is 5.43 Å². The topological polar surface area (TPSA) is 70.0 Å². The fourth-order valence-electron chi connectivity index (χ4n) is 4.88. The Morgan fingerprint density at radius 1 is 1.18 bits per heavy atom. The number of ether oxygens (including phenoxy) is 3. The van der Waals surface area contributed by atoms with E-state index in [1.165, 1.54) is 0 Å². The molecule has 0 unspecified atom stereocenters. The third-order valence-electron chi connectivity index (χ3n) is 6.44. The second kappa shape index (κ2) is 10.6. The lowest BCUT2D eigenvalue weighted by Crippen LogP contribution is -2.50. The smallest absolute Gasteiger partial charge is 0.343 e. The molecular formula is C27H38N2O5. The maximum Gasteiger partial charge on any atom is 0.343 e. The van der Waals surface area contributed by atoms with Crippen LogP contribution in [0, 0.1) is 6.92 Å². The zero-order valence-electron chi connectivity index (χ0n) is 21.6. The van der Waals surface area contributed by atoms with Crippen LogP contribution in [0.5, 0.6) is 5.75 Å². The van der Waals surface area contributed by atoms with Gasteiger partial charge in [0.25, 0.3) is 0 Å². The van der Waals surface area contributed by atoms with E-state index in [0.29, 0.717) is 13.2 Å². The summed E-state index contributed by atoms with van der Waals surface area (Å²) < 4.78 is 18.3. The zero-order valence-corrected chi connectivity index (χ0v) is 21.6. The van der Waals surface area contributed by atoms with Crippen LogP contribution in [-0.2, 0) is 9.47 Å². The highest BCUT2D eigenvalue weighted by molar-refractivity contribution is 5.89. The molecule has 0 aliphatic carbocycles. The molecule has 1 aromatic carbocycles. The summed E-state index contributed by atoms with van der Waals surface area (Å²) in [5.74, 6) is 0.284. The van der Waals surface area contributed by atoms with Gasteiger partial charge in [0.2, 0.25) is 0 Å². The number of aryl methyl sites for hydroxylation is 1. The highest BCUT2D eigenvalue weighted by Crippen LogP contribution is 2.49. The van der Waals surface area contributed by atoms with Gasteiger partial charge in [-0.15, -0.1) is 0 Å². The first-order valence-electron chi connectivity index (χ1n) is 12.3. The molecule has 4 rings (SSSR count). The Labute approximate surface area is 202 Å². The summed E-state index contributed by atoms with van der Waals surface area (Å²) >= 11 is 0. The Balaban J connectivity index is 0.00000158. The molecule has 0 spiro atoms. The van der Waals surface area contributed by atoms with Gasteiger partial charge in [-0.1, -0.05) is 13.8 Å². The van der Waals surface area contributed by atoms with Crippen molar-refractivity contribution in [3.8, 4) is 17.0 Å². The zero-order chi connectivity index (χ0) is 25.0. The molecule has 7 nitrogen and oxygen atoms in total. The highest BCUT2D eigenvalue weighted by Gasteiger charge is 2.45. The van der Waals surface area contributed by atoms with Crippen molar-refractivity contribution in [2.45, 2.75) is 72.4 Å². The summed E-state index contributed by atoms with van der Waals surface area (Å²) in [4.78, 5) is 25.3. The van der Waals surface area contributed by atoms with Crippen molar-refractivity contribution < 1.29 is 19.0 Å². The molecule has 2 aromatic rings. The number of nitrogens with zero attached hydrogens (tertiary/aromatic N) is 2. The standard InChI is InChI=1S/C25H32N2O5.C2H6/c1-6-31-24(29)19-15-26-21(14-22(19)28)17-12-16(2)23(32-11-7-10-30-5)13-18(17)20-8-9-25(3,4)27(20)26;1-2/h12-15,20H,6-11H2,1-5H3;1-2H3/t20-;/m1./s1. The molecule has 2 aliphatic rings. The third kappa shape index (κ3) is 4.71. The first kappa shape index (κ1) is 25.8. The summed E-state index contributed by atoms with van der Waals surface area (Å²) in [5, 5.41) is 2.29. The lowest BCUT2D eigenvalue weighted by Gasteiger charge is -2.44. The number of hydrogen-bond acceptors (Lipinski definition) is 6. The summed E-state index contributed by atoms with van der Waals surface area (Å²) in [5.41, 5.74) is 3.58. The van der Waals surface area contributed by atoms with E-state index >= 15 is 0 Å². The summed E-state index contributed by atoms with van der Waals surface area (Å²) in [6.07, 6.45) is 4.45. The molecule has 0 amide bonds. The first-order valence-corrected chi connectivity index (χ1v) is 12.3. The number of benzene rings is 1. The second-order valence-corrected chi connectivity index (χ2v) is 9.11. The molecule has 1 aromatic heterocycles. The Morgan fingerprint density at radius 2 is 1.91 bits per heavy atom. The Kier molecular flexibility index (Phi) is 8.08. The number of aromatic nitrogens is 1. The minimum Gasteiger partial charge on any atom is -0.493 e. The van der Waals surface area contributed by atoms with E-state index < -0.39 is 5.97 Å². The van der Waals surface area contributed by atoms with Crippen LogP contribution in [-0.4, -0.2) is 43.1 Å². The van der Waals surface area contributed by atoms with Crippen LogP contribution in [0.3, 0.4) is 0 Å². The summed E-state index contributed by atoms with van der Waals surface area (Å²) in [6.45, 7) is 13.6. The van der Waals surface area contributed by atoms with Gasteiger partial charge in [-0.2, -0.15) is 0 Å². The van der Waals surface area contributed by atoms with Crippen LogP contribution in [0.15, 0.2) is 29.2 Å². The number of hydrogen-bond donors (Lipinski definition) is 0. The molecule has 0 N–H and O–H groups in total. The van der Waals surface area contributed by atoms with Crippen molar-refractivity contribution in [2.24, 2.45) is 0 Å². The molecule has 0 radical (unpaired) electrons. The number of pyridine rings is 1. The Hall–Kier alpha value is -2.80. The van der Waals surface area contributed by atoms with Crippen molar-refractivity contribution in [3.05, 3.63) is 51.3 Å². The minimum atomic E-state index is -0.580. The van der Waals surface area contributed by atoms with Gasteiger partial charge in [-0.05, 0) is 63.8 Å². The maximum atomic E-state index is 12.9. The fraction of sp³-hybridized carbons (Fsp3) is 0.556. The van der Waals surface area contributed by atoms with Crippen LogP contribution >= 0.6 is 0 Å². The van der Waals surface area contributed by atoms with Gasteiger partial charge in [-0.25, -0.2) is 4.79 Å². The molecule has 0 bridgehead atoms. The monoisotopic (exact) mass is 470 g/mol. The van der Waals surface area contributed by atoms with E-state index in [-0.39, 0.29) is 29.2 Å². The van der Waals surface area contributed by atoms with Crippen LogP contribution in [0.1, 0.15) is 81.4 Å².